The van der Waals surface area contributed by atoms with Gasteiger partial charge in [0, 0.05) is 31.5 Å². The van der Waals surface area contributed by atoms with Crippen molar-refractivity contribution < 1.29 is 4.74 Å². The van der Waals surface area contributed by atoms with Gasteiger partial charge in [0.1, 0.15) is 5.69 Å². The van der Waals surface area contributed by atoms with Crippen LogP contribution in [0.4, 0.5) is 0 Å². The summed E-state index contributed by atoms with van der Waals surface area (Å²) in [5.41, 5.74) is 2.80. The first-order chi connectivity index (χ1) is 8.61. The highest BCUT2D eigenvalue weighted by atomic mass is 16.5. The Hall–Kier alpha value is -1.95. The van der Waals surface area contributed by atoms with Crippen LogP contribution in [0.3, 0.4) is 0 Å². The second kappa shape index (κ2) is 5.14. The Labute approximate surface area is 106 Å². The number of hydrogen-bond donors (Lipinski definition) is 1. The molecule has 0 aromatic carbocycles. The highest BCUT2D eigenvalue weighted by molar-refractivity contribution is 5.33. The van der Waals surface area contributed by atoms with Crippen LogP contribution < -0.4 is 10.1 Å². The molecule has 1 N–H and O–H groups in total. The van der Waals surface area contributed by atoms with Gasteiger partial charge >= 0.3 is 6.01 Å². The van der Waals surface area contributed by atoms with Crippen LogP contribution in [0.15, 0.2) is 12.4 Å². The summed E-state index contributed by atoms with van der Waals surface area (Å²) in [5.74, 6) is 0.721. The summed E-state index contributed by atoms with van der Waals surface area (Å²) in [6.07, 6.45) is 3.50. The minimum absolute atomic E-state index is 0.342. The number of hydrogen-bond acceptors (Lipinski definition) is 5. The van der Waals surface area contributed by atoms with Crippen molar-refractivity contribution in [3.05, 3.63) is 29.3 Å². The average molecular weight is 247 g/mol. The molecule has 0 aliphatic heterocycles. The molecule has 0 unspecified atom stereocenters. The number of aromatic nitrogens is 4. The lowest BCUT2D eigenvalue weighted by Crippen LogP contribution is -2.06. The fourth-order valence-electron chi connectivity index (χ4n) is 1.68. The first kappa shape index (κ1) is 12.5. The van der Waals surface area contributed by atoms with Crippen molar-refractivity contribution in [1.82, 2.24) is 25.1 Å². The Morgan fingerprint density at radius 3 is 2.44 bits per heavy atom. The van der Waals surface area contributed by atoms with E-state index in [-0.39, 0.29) is 0 Å². The highest BCUT2D eigenvalue weighted by Gasteiger charge is 2.12. The van der Waals surface area contributed by atoms with Crippen LogP contribution in [0.5, 0.6) is 11.8 Å². The van der Waals surface area contributed by atoms with Crippen molar-refractivity contribution in [1.29, 1.82) is 0 Å². The molecular formula is C12H17N5O. The fourth-order valence-corrected chi connectivity index (χ4v) is 1.68. The lowest BCUT2D eigenvalue weighted by molar-refractivity contribution is 0.434. The van der Waals surface area contributed by atoms with E-state index >= 15 is 0 Å². The van der Waals surface area contributed by atoms with Gasteiger partial charge in [0.2, 0.25) is 0 Å². The first-order valence-corrected chi connectivity index (χ1v) is 5.75. The smallest absolute Gasteiger partial charge is 0.322 e. The molecule has 0 fully saturated rings. The molecule has 0 radical (unpaired) electrons. The molecular weight excluding hydrogens is 230 g/mol. The van der Waals surface area contributed by atoms with Crippen molar-refractivity contribution in [3.63, 3.8) is 0 Å². The lowest BCUT2D eigenvalue weighted by atomic mass is 10.3. The van der Waals surface area contributed by atoms with Gasteiger partial charge in [-0.2, -0.15) is 5.10 Å². The second-order valence-corrected chi connectivity index (χ2v) is 4.13. The summed E-state index contributed by atoms with van der Waals surface area (Å²) >= 11 is 0. The maximum atomic E-state index is 5.67. The van der Waals surface area contributed by atoms with Crippen molar-refractivity contribution in [2.45, 2.75) is 20.4 Å². The Morgan fingerprint density at radius 1 is 1.28 bits per heavy atom. The Kier molecular flexibility index (Phi) is 3.57. The van der Waals surface area contributed by atoms with Crippen LogP contribution in [0.2, 0.25) is 0 Å². The van der Waals surface area contributed by atoms with E-state index in [0.29, 0.717) is 6.01 Å². The first-order valence-electron chi connectivity index (χ1n) is 5.75. The summed E-state index contributed by atoms with van der Waals surface area (Å²) in [7, 11) is 3.76. The van der Waals surface area contributed by atoms with Gasteiger partial charge in [0.05, 0.1) is 5.69 Å². The Balaban J connectivity index is 2.18. The van der Waals surface area contributed by atoms with Gasteiger partial charge in [-0.1, -0.05) is 0 Å². The lowest BCUT2D eigenvalue weighted by Gasteiger charge is -2.04. The minimum atomic E-state index is 0.342. The van der Waals surface area contributed by atoms with Crippen molar-refractivity contribution in [3.8, 4) is 11.8 Å². The standard InChI is InChI=1S/C12H17N5O/c1-8-11(9(2)17(4)16-8)18-12-14-6-10(5-13-3)7-15-12/h6-7,13H,5H2,1-4H3. The van der Waals surface area contributed by atoms with Crippen LogP contribution in [0.1, 0.15) is 17.0 Å². The fraction of sp³-hybridized carbons (Fsp3) is 0.417. The molecule has 0 saturated carbocycles. The molecule has 0 aliphatic rings. The van der Waals surface area contributed by atoms with Gasteiger partial charge in [-0.05, 0) is 20.9 Å². The maximum Gasteiger partial charge on any atom is 0.322 e. The van der Waals surface area contributed by atoms with Crippen LogP contribution in [0, 0.1) is 13.8 Å². The summed E-state index contributed by atoms with van der Waals surface area (Å²) in [4.78, 5) is 8.35. The van der Waals surface area contributed by atoms with Crippen molar-refractivity contribution >= 4 is 0 Å². The predicted octanol–water partition coefficient (Wildman–Crippen LogP) is 1.34. The van der Waals surface area contributed by atoms with Crippen LogP contribution in [-0.4, -0.2) is 26.8 Å². The minimum Gasteiger partial charge on any atom is -0.420 e. The highest BCUT2D eigenvalue weighted by Crippen LogP contribution is 2.25. The number of nitrogens with one attached hydrogen (secondary N) is 1. The zero-order valence-electron chi connectivity index (χ0n) is 11.1. The van der Waals surface area contributed by atoms with Crippen LogP contribution in [-0.2, 0) is 13.6 Å². The molecule has 0 spiro atoms. The van der Waals surface area contributed by atoms with Gasteiger partial charge in [0.15, 0.2) is 5.75 Å². The van der Waals surface area contributed by atoms with E-state index in [4.69, 9.17) is 4.74 Å². The van der Waals surface area contributed by atoms with Gasteiger partial charge in [-0.25, -0.2) is 9.97 Å². The second-order valence-electron chi connectivity index (χ2n) is 4.13. The maximum absolute atomic E-state index is 5.67. The van der Waals surface area contributed by atoms with E-state index in [2.05, 4.69) is 20.4 Å². The Bertz CT molecular complexity index is 532. The topological polar surface area (TPSA) is 64.9 Å². The molecule has 6 heteroatoms. The summed E-state index contributed by atoms with van der Waals surface area (Å²) in [6.45, 7) is 4.59. The molecule has 0 bridgehead atoms. The van der Waals surface area contributed by atoms with Gasteiger partial charge in [-0.15, -0.1) is 0 Å². The largest absolute Gasteiger partial charge is 0.420 e. The van der Waals surface area contributed by atoms with E-state index in [9.17, 15) is 0 Å². The number of rotatable bonds is 4. The monoisotopic (exact) mass is 247 g/mol. The van der Waals surface area contributed by atoms with Crippen molar-refractivity contribution in [2.24, 2.45) is 7.05 Å². The molecule has 2 heterocycles. The molecule has 18 heavy (non-hydrogen) atoms. The zero-order valence-corrected chi connectivity index (χ0v) is 11.1. The van der Waals surface area contributed by atoms with Gasteiger partial charge in [0.25, 0.3) is 0 Å². The van der Waals surface area contributed by atoms with Crippen LogP contribution >= 0.6 is 0 Å². The van der Waals surface area contributed by atoms with Crippen LogP contribution in [0.25, 0.3) is 0 Å². The third-order valence-electron chi connectivity index (χ3n) is 2.70. The summed E-state index contributed by atoms with van der Waals surface area (Å²) in [6, 6.07) is 0.342. The quantitative estimate of drug-likeness (QED) is 0.883. The molecule has 0 aliphatic carbocycles. The number of aryl methyl sites for hydroxylation is 2. The van der Waals surface area contributed by atoms with E-state index in [1.54, 1.807) is 17.1 Å². The molecule has 2 aromatic heterocycles. The molecule has 0 amide bonds. The summed E-state index contributed by atoms with van der Waals surface area (Å²) < 4.78 is 7.45. The molecule has 6 nitrogen and oxygen atoms in total. The molecule has 2 rings (SSSR count). The van der Waals surface area contributed by atoms with Gasteiger partial charge < -0.3 is 10.1 Å². The van der Waals surface area contributed by atoms with E-state index < -0.39 is 0 Å². The average Bonchev–Trinajstić information content (AvgIpc) is 2.59. The SMILES string of the molecule is CNCc1cnc(Oc2c(C)nn(C)c2C)nc1. The number of nitrogens with zero attached hydrogens (tertiary/aromatic N) is 4. The molecule has 2 aromatic rings. The third kappa shape index (κ3) is 2.48. The summed E-state index contributed by atoms with van der Waals surface area (Å²) in [5, 5.41) is 7.32. The zero-order chi connectivity index (χ0) is 13.1. The molecule has 0 atom stereocenters. The van der Waals surface area contributed by atoms with E-state index in [0.717, 1.165) is 29.2 Å². The molecule has 96 valence electrons. The van der Waals surface area contributed by atoms with E-state index in [1.165, 1.54) is 0 Å². The van der Waals surface area contributed by atoms with Crippen molar-refractivity contribution in [2.75, 3.05) is 7.05 Å². The molecule has 0 saturated heterocycles. The normalized spacial score (nSPS) is 10.7. The Morgan fingerprint density at radius 2 is 1.94 bits per heavy atom. The number of ether oxygens (including phenoxy) is 1. The predicted molar refractivity (Wildman–Crippen MR) is 67.6 cm³/mol. The van der Waals surface area contributed by atoms with Gasteiger partial charge in [-0.3, -0.25) is 4.68 Å². The van der Waals surface area contributed by atoms with E-state index in [1.807, 2.05) is 27.9 Å². The third-order valence-corrected chi connectivity index (χ3v) is 2.70.